The van der Waals surface area contributed by atoms with Gasteiger partial charge in [-0.05, 0) is 11.5 Å². The Kier molecular flexibility index (Phi) is 10.1. The van der Waals surface area contributed by atoms with Crippen LogP contribution < -0.4 is 10.6 Å². The molecule has 0 radical (unpaired) electrons. The van der Waals surface area contributed by atoms with Crippen molar-refractivity contribution in [2.45, 2.75) is 26.4 Å². The van der Waals surface area contributed by atoms with Crippen molar-refractivity contribution < 1.29 is 4.74 Å². The number of ether oxygens (including phenoxy) is 1. The lowest BCUT2D eigenvalue weighted by molar-refractivity contribution is 0.00752. The van der Waals surface area contributed by atoms with Crippen molar-refractivity contribution in [1.29, 1.82) is 0 Å². The van der Waals surface area contributed by atoms with Crippen LogP contribution in [0.4, 0.5) is 0 Å². The number of nitrogens with zero attached hydrogens (tertiary/aromatic N) is 4. The fraction of sp³-hybridized carbons (Fsp3) is 0.708. The van der Waals surface area contributed by atoms with Crippen LogP contribution in [0.25, 0.3) is 0 Å². The summed E-state index contributed by atoms with van der Waals surface area (Å²) in [6, 6.07) is 11.3. The molecule has 2 aliphatic rings. The molecule has 1 aromatic carbocycles. The summed E-state index contributed by atoms with van der Waals surface area (Å²) in [5.41, 5.74) is 1.41. The molecule has 174 valence electrons. The van der Waals surface area contributed by atoms with Gasteiger partial charge in [-0.3, -0.25) is 19.7 Å². The smallest absolute Gasteiger partial charge is 0.191 e. The molecule has 2 N–H and O–H groups in total. The maximum atomic E-state index is 5.52. The van der Waals surface area contributed by atoms with Gasteiger partial charge in [-0.15, -0.1) is 0 Å². The van der Waals surface area contributed by atoms with Gasteiger partial charge < -0.3 is 15.4 Å². The Balaban J connectivity index is 1.32. The topological polar surface area (TPSA) is 55.4 Å². The predicted molar refractivity (Wildman–Crippen MR) is 129 cm³/mol. The van der Waals surface area contributed by atoms with Crippen molar-refractivity contribution in [1.82, 2.24) is 25.3 Å². The van der Waals surface area contributed by atoms with Crippen LogP contribution in [0.2, 0.25) is 0 Å². The molecule has 1 aromatic rings. The quantitative estimate of drug-likeness (QED) is 0.455. The maximum Gasteiger partial charge on any atom is 0.191 e. The van der Waals surface area contributed by atoms with Gasteiger partial charge in [-0.25, -0.2) is 0 Å². The Labute approximate surface area is 188 Å². The van der Waals surface area contributed by atoms with Crippen molar-refractivity contribution in [2.75, 3.05) is 79.2 Å². The minimum atomic E-state index is 0.500. The first kappa shape index (κ1) is 24.0. The summed E-state index contributed by atoms with van der Waals surface area (Å²) >= 11 is 0. The second kappa shape index (κ2) is 13.0. The molecule has 2 aliphatic heterocycles. The number of rotatable bonds is 9. The fourth-order valence-electron chi connectivity index (χ4n) is 4.46. The van der Waals surface area contributed by atoms with Crippen molar-refractivity contribution in [3.8, 4) is 0 Å². The number of benzene rings is 1. The highest BCUT2D eigenvalue weighted by atomic mass is 16.5. The summed E-state index contributed by atoms with van der Waals surface area (Å²) in [6.07, 6.45) is 0. The molecule has 2 heterocycles. The first-order valence-corrected chi connectivity index (χ1v) is 11.9. The van der Waals surface area contributed by atoms with Gasteiger partial charge in [0.2, 0.25) is 0 Å². The molecule has 2 fully saturated rings. The Hall–Kier alpha value is -1.67. The highest BCUT2D eigenvalue weighted by Gasteiger charge is 2.24. The van der Waals surface area contributed by atoms with Crippen molar-refractivity contribution in [3.63, 3.8) is 0 Å². The van der Waals surface area contributed by atoms with E-state index in [4.69, 9.17) is 4.74 Å². The second-order valence-electron chi connectivity index (χ2n) is 8.94. The molecule has 0 aliphatic carbocycles. The third kappa shape index (κ3) is 8.07. The monoisotopic (exact) mass is 430 g/mol. The second-order valence-corrected chi connectivity index (χ2v) is 8.94. The lowest BCUT2D eigenvalue weighted by Gasteiger charge is -2.37. The highest BCUT2D eigenvalue weighted by Crippen LogP contribution is 2.12. The lowest BCUT2D eigenvalue weighted by Crippen LogP contribution is -2.53. The van der Waals surface area contributed by atoms with Gasteiger partial charge in [-0.1, -0.05) is 44.2 Å². The van der Waals surface area contributed by atoms with Crippen molar-refractivity contribution >= 4 is 5.96 Å². The minimum Gasteiger partial charge on any atom is -0.379 e. The van der Waals surface area contributed by atoms with Crippen LogP contribution in [0.5, 0.6) is 0 Å². The molecule has 7 heteroatoms. The molecule has 31 heavy (non-hydrogen) atoms. The van der Waals surface area contributed by atoms with E-state index in [-0.39, 0.29) is 0 Å². The van der Waals surface area contributed by atoms with E-state index in [2.05, 4.69) is 74.5 Å². The van der Waals surface area contributed by atoms with E-state index in [1.54, 1.807) is 0 Å². The Bertz CT molecular complexity index is 639. The van der Waals surface area contributed by atoms with Crippen LogP contribution in [-0.4, -0.2) is 106 Å². The number of piperazine rings is 1. The molecule has 3 rings (SSSR count). The first-order chi connectivity index (χ1) is 15.2. The predicted octanol–water partition coefficient (Wildman–Crippen LogP) is 1.33. The zero-order valence-electron chi connectivity index (χ0n) is 19.7. The first-order valence-electron chi connectivity index (χ1n) is 11.9. The number of hydrogen-bond acceptors (Lipinski definition) is 5. The third-order valence-corrected chi connectivity index (χ3v) is 6.42. The number of hydrogen-bond donors (Lipinski definition) is 2. The van der Waals surface area contributed by atoms with Gasteiger partial charge in [0.25, 0.3) is 0 Å². The van der Waals surface area contributed by atoms with E-state index >= 15 is 0 Å². The minimum absolute atomic E-state index is 0.500. The van der Waals surface area contributed by atoms with Crippen LogP contribution in [-0.2, 0) is 11.3 Å². The van der Waals surface area contributed by atoms with E-state index < -0.39 is 0 Å². The van der Waals surface area contributed by atoms with E-state index in [1.807, 2.05) is 7.05 Å². The lowest BCUT2D eigenvalue weighted by atomic mass is 10.0. The molecule has 0 bridgehead atoms. The zero-order chi connectivity index (χ0) is 21.9. The van der Waals surface area contributed by atoms with Gasteiger partial charge >= 0.3 is 0 Å². The average Bonchev–Trinajstić information content (AvgIpc) is 2.80. The van der Waals surface area contributed by atoms with Crippen LogP contribution in [0.3, 0.4) is 0 Å². The summed E-state index contributed by atoms with van der Waals surface area (Å²) in [5, 5.41) is 7.06. The third-order valence-electron chi connectivity index (χ3n) is 6.42. The molecule has 0 amide bonds. The number of morpholine rings is 1. The molecule has 1 unspecified atom stereocenters. The molecular weight excluding hydrogens is 388 g/mol. The molecular formula is C24H42N6O. The summed E-state index contributed by atoms with van der Waals surface area (Å²) in [5.74, 6) is 1.50. The van der Waals surface area contributed by atoms with Crippen LogP contribution in [0.1, 0.15) is 19.4 Å². The molecule has 0 aromatic heterocycles. The van der Waals surface area contributed by atoms with Crippen LogP contribution in [0.15, 0.2) is 35.3 Å². The Morgan fingerprint density at radius 2 is 1.65 bits per heavy atom. The Morgan fingerprint density at radius 1 is 0.968 bits per heavy atom. The number of nitrogens with one attached hydrogen (secondary N) is 2. The maximum absolute atomic E-state index is 5.52. The molecule has 1 atom stereocenters. The van der Waals surface area contributed by atoms with E-state index in [1.165, 1.54) is 5.56 Å². The van der Waals surface area contributed by atoms with Crippen molar-refractivity contribution in [2.24, 2.45) is 10.9 Å². The largest absolute Gasteiger partial charge is 0.379 e. The molecule has 7 nitrogen and oxygen atoms in total. The molecule has 0 saturated carbocycles. The van der Waals surface area contributed by atoms with E-state index in [0.29, 0.717) is 12.0 Å². The molecule has 0 spiro atoms. The highest BCUT2D eigenvalue weighted by molar-refractivity contribution is 5.79. The fourth-order valence-corrected chi connectivity index (χ4v) is 4.46. The summed E-state index contributed by atoms with van der Waals surface area (Å²) in [4.78, 5) is 12.1. The van der Waals surface area contributed by atoms with Gasteiger partial charge in [-0.2, -0.15) is 0 Å². The number of aliphatic imine (C=N–C) groups is 1. The zero-order valence-corrected chi connectivity index (χ0v) is 19.7. The normalized spacial score (nSPS) is 20.7. The summed E-state index contributed by atoms with van der Waals surface area (Å²) in [6.45, 7) is 16.8. The summed E-state index contributed by atoms with van der Waals surface area (Å²) in [7, 11) is 1.86. The SMILES string of the molecule is CN=C(NCCN1CCN(Cc2ccccc2)CC1)NCC(C(C)C)N1CCOCC1. The van der Waals surface area contributed by atoms with Gasteiger partial charge in [0.15, 0.2) is 5.96 Å². The number of guanidine groups is 1. The summed E-state index contributed by atoms with van der Waals surface area (Å²) < 4.78 is 5.52. The van der Waals surface area contributed by atoms with E-state index in [9.17, 15) is 0 Å². The Morgan fingerprint density at radius 3 is 2.29 bits per heavy atom. The standard InChI is InChI=1S/C24H42N6O/c1-21(2)23(30-15-17-31-18-16-30)19-27-24(25-3)26-9-10-28-11-13-29(14-12-28)20-22-7-5-4-6-8-22/h4-8,21,23H,9-20H2,1-3H3,(H2,25,26,27). The van der Waals surface area contributed by atoms with Crippen LogP contribution >= 0.6 is 0 Å². The molecule has 2 saturated heterocycles. The van der Waals surface area contributed by atoms with Gasteiger partial charge in [0.05, 0.1) is 13.2 Å². The average molecular weight is 431 g/mol. The van der Waals surface area contributed by atoms with Gasteiger partial charge in [0, 0.05) is 78.5 Å². The van der Waals surface area contributed by atoms with E-state index in [0.717, 1.165) is 84.6 Å². The van der Waals surface area contributed by atoms with Crippen LogP contribution in [0, 0.1) is 5.92 Å². The van der Waals surface area contributed by atoms with Crippen molar-refractivity contribution in [3.05, 3.63) is 35.9 Å². The van der Waals surface area contributed by atoms with Gasteiger partial charge in [0.1, 0.15) is 0 Å².